The molecule has 0 saturated heterocycles. The van der Waals surface area contributed by atoms with Crippen LogP contribution < -0.4 is 0 Å². The third-order valence-corrected chi connectivity index (χ3v) is 6.50. The summed E-state index contributed by atoms with van der Waals surface area (Å²) < 4.78 is 0. The molecule has 0 saturated carbocycles. The van der Waals surface area contributed by atoms with Crippen molar-refractivity contribution < 1.29 is 0 Å². The minimum atomic E-state index is 0.309. The van der Waals surface area contributed by atoms with E-state index < -0.39 is 0 Å². The first-order valence-electron chi connectivity index (χ1n) is 10.3. The summed E-state index contributed by atoms with van der Waals surface area (Å²) in [6, 6.07) is 4.52. The van der Waals surface area contributed by atoms with E-state index in [1.165, 1.54) is 44.5 Å². The highest BCUT2D eigenvalue weighted by molar-refractivity contribution is 5.89. The number of aromatic nitrogens is 1. The number of hydrogen-bond donors (Lipinski definition) is 0. The second-order valence-corrected chi connectivity index (χ2v) is 8.29. The highest BCUT2D eigenvalue weighted by Gasteiger charge is 2.34. The molecule has 0 bridgehead atoms. The van der Waals surface area contributed by atoms with Gasteiger partial charge in [0.25, 0.3) is 0 Å². The lowest BCUT2D eigenvalue weighted by atomic mass is 9.88. The lowest BCUT2D eigenvalue weighted by Crippen LogP contribution is -2.22. The number of aryl methyl sites for hydroxylation is 3. The van der Waals surface area contributed by atoms with Crippen molar-refractivity contribution in [2.75, 3.05) is 0 Å². The molecule has 1 aromatic heterocycles. The van der Waals surface area contributed by atoms with Crippen molar-refractivity contribution in [3.8, 4) is 0 Å². The van der Waals surface area contributed by atoms with Crippen LogP contribution in [0.15, 0.2) is 54.3 Å². The molecule has 4 rings (SSSR count). The van der Waals surface area contributed by atoms with E-state index in [1.54, 1.807) is 0 Å². The van der Waals surface area contributed by atoms with Crippen molar-refractivity contribution in [3.63, 3.8) is 0 Å². The van der Waals surface area contributed by atoms with E-state index in [0.29, 0.717) is 5.92 Å². The van der Waals surface area contributed by atoms with Crippen molar-refractivity contribution in [2.24, 2.45) is 5.92 Å². The highest BCUT2D eigenvalue weighted by Crippen LogP contribution is 2.45. The number of rotatable bonds is 4. The zero-order chi connectivity index (χ0) is 20.2. The molecule has 1 unspecified atom stereocenters. The third kappa shape index (κ3) is 2.66. The Hall–Kier alpha value is -2.61. The van der Waals surface area contributed by atoms with Crippen LogP contribution in [-0.2, 0) is 6.54 Å². The van der Waals surface area contributed by atoms with Crippen LogP contribution in [0.4, 0.5) is 0 Å². The van der Waals surface area contributed by atoms with Crippen LogP contribution in [0, 0.1) is 26.7 Å². The smallest absolute Gasteiger partial charge is 0.0927 e. The quantitative estimate of drug-likeness (QED) is 0.553. The van der Waals surface area contributed by atoms with Crippen molar-refractivity contribution >= 4 is 16.6 Å². The topological polar surface area (TPSA) is 16.1 Å². The maximum atomic E-state index is 5.13. The van der Waals surface area contributed by atoms with Crippen LogP contribution in [0.25, 0.3) is 16.6 Å². The van der Waals surface area contributed by atoms with Crippen LogP contribution in [0.1, 0.15) is 54.6 Å². The maximum absolute atomic E-state index is 5.13. The summed E-state index contributed by atoms with van der Waals surface area (Å²) in [6.07, 6.45) is 6.55. The molecule has 2 aromatic rings. The van der Waals surface area contributed by atoms with Gasteiger partial charge in [0.1, 0.15) is 0 Å². The standard InChI is InChI=1S/C26H30N2/c1-8-10-20-19(7)28-14-23-18(6)22-11-16(4)17(5)12-24(22)27-26(23)25(28)13-21(20)15(3)9-2/h9,11-13,15H,2,7-8,10,14H2,1,3-6H3. The van der Waals surface area contributed by atoms with E-state index in [1.807, 2.05) is 6.08 Å². The van der Waals surface area contributed by atoms with Gasteiger partial charge in [0.15, 0.2) is 0 Å². The molecular weight excluding hydrogens is 340 g/mol. The minimum absolute atomic E-state index is 0.309. The molecule has 0 fully saturated rings. The molecule has 0 amide bonds. The predicted molar refractivity (Wildman–Crippen MR) is 120 cm³/mol. The Balaban J connectivity index is 1.95. The fraction of sp³-hybridized carbons (Fsp3) is 0.346. The molecule has 2 aliphatic heterocycles. The molecule has 2 heteroatoms. The van der Waals surface area contributed by atoms with E-state index in [9.17, 15) is 0 Å². The number of benzene rings is 1. The Kier molecular flexibility index (Phi) is 4.53. The zero-order valence-corrected chi connectivity index (χ0v) is 17.8. The SMILES string of the molecule is C=CC(C)C1=C(CCC)C(=C)N2Cc3c(nc4cc(C)c(C)cc4c3C)C2=C1. The van der Waals surface area contributed by atoms with Crippen molar-refractivity contribution in [2.45, 2.75) is 54.0 Å². The zero-order valence-electron chi connectivity index (χ0n) is 17.8. The molecule has 1 aromatic carbocycles. The minimum Gasteiger partial charge on any atom is -0.335 e. The monoisotopic (exact) mass is 370 g/mol. The number of pyridine rings is 1. The summed E-state index contributed by atoms with van der Waals surface area (Å²) in [7, 11) is 0. The summed E-state index contributed by atoms with van der Waals surface area (Å²) in [6.45, 7) is 20.4. The number of allylic oxidation sites excluding steroid dienone is 4. The van der Waals surface area contributed by atoms with E-state index in [-0.39, 0.29) is 0 Å². The third-order valence-electron chi connectivity index (χ3n) is 6.50. The van der Waals surface area contributed by atoms with E-state index in [0.717, 1.165) is 36.3 Å². The van der Waals surface area contributed by atoms with E-state index in [4.69, 9.17) is 4.98 Å². The van der Waals surface area contributed by atoms with Crippen molar-refractivity contribution in [3.05, 3.63) is 82.2 Å². The van der Waals surface area contributed by atoms with Gasteiger partial charge in [-0.25, -0.2) is 4.98 Å². The van der Waals surface area contributed by atoms with E-state index in [2.05, 4.69) is 70.9 Å². The normalized spacial score (nSPS) is 17.0. The van der Waals surface area contributed by atoms with Gasteiger partial charge in [0.2, 0.25) is 0 Å². The van der Waals surface area contributed by atoms with Gasteiger partial charge in [-0.2, -0.15) is 0 Å². The summed E-state index contributed by atoms with van der Waals surface area (Å²) >= 11 is 0. The van der Waals surface area contributed by atoms with Gasteiger partial charge < -0.3 is 4.90 Å². The fourth-order valence-corrected chi connectivity index (χ4v) is 4.52. The number of hydrogen-bond acceptors (Lipinski definition) is 2. The van der Waals surface area contributed by atoms with E-state index >= 15 is 0 Å². The van der Waals surface area contributed by atoms with Crippen molar-refractivity contribution in [1.82, 2.24) is 9.88 Å². The largest absolute Gasteiger partial charge is 0.335 e. The number of fused-ring (bicyclic) bond motifs is 4. The molecule has 0 radical (unpaired) electrons. The first kappa shape index (κ1) is 18.7. The molecule has 28 heavy (non-hydrogen) atoms. The Bertz CT molecular complexity index is 1080. The average Bonchev–Trinajstić information content (AvgIpc) is 3.04. The molecule has 0 spiro atoms. The average molecular weight is 371 g/mol. The summed E-state index contributed by atoms with van der Waals surface area (Å²) in [5, 5.41) is 1.27. The van der Waals surface area contributed by atoms with Crippen LogP contribution in [0.3, 0.4) is 0 Å². The first-order valence-corrected chi connectivity index (χ1v) is 10.3. The Morgan fingerprint density at radius 1 is 1.21 bits per heavy atom. The molecule has 3 heterocycles. The lowest BCUT2D eigenvalue weighted by molar-refractivity contribution is 0.502. The lowest BCUT2D eigenvalue weighted by Gasteiger charge is -2.32. The predicted octanol–water partition coefficient (Wildman–Crippen LogP) is 6.76. The Morgan fingerprint density at radius 2 is 1.93 bits per heavy atom. The molecule has 1 atom stereocenters. The second-order valence-electron chi connectivity index (χ2n) is 8.29. The van der Waals surface area contributed by atoms with Gasteiger partial charge in [-0.1, -0.05) is 32.9 Å². The first-order chi connectivity index (χ1) is 13.4. The summed E-state index contributed by atoms with van der Waals surface area (Å²) in [5.41, 5.74) is 12.6. The Labute approximate surface area is 169 Å². The number of nitrogens with zero attached hydrogens (tertiary/aromatic N) is 2. The summed E-state index contributed by atoms with van der Waals surface area (Å²) in [5.74, 6) is 0.309. The van der Waals surface area contributed by atoms with Gasteiger partial charge in [-0.05, 0) is 79.2 Å². The van der Waals surface area contributed by atoms with Crippen LogP contribution in [-0.4, -0.2) is 9.88 Å². The van der Waals surface area contributed by atoms with Gasteiger partial charge >= 0.3 is 0 Å². The maximum Gasteiger partial charge on any atom is 0.0927 e. The molecular formula is C26H30N2. The molecule has 0 aliphatic carbocycles. The molecule has 2 nitrogen and oxygen atoms in total. The van der Waals surface area contributed by atoms with Crippen LogP contribution >= 0.6 is 0 Å². The van der Waals surface area contributed by atoms with Gasteiger partial charge in [0.05, 0.1) is 23.5 Å². The molecule has 0 N–H and O–H groups in total. The fourth-order valence-electron chi connectivity index (χ4n) is 4.52. The molecule has 144 valence electrons. The molecule has 2 aliphatic rings. The van der Waals surface area contributed by atoms with Gasteiger partial charge in [-0.15, -0.1) is 6.58 Å². The van der Waals surface area contributed by atoms with Gasteiger partial charge in [0, 0.05) is 16.6 Å². The summed E-state index contributed by atoms with van der Waals surface area (Å²) in [4.78, 5) is 7.50. The van der Waals surface area contributed by atoms with Crippen LogP contribution in [0.5, 0.6) is 0 Å². The van der Waals surface area contributed by atoms with Crippen LogP contribution in [0.2, 0.25) is 0 Å². The second kappa shape index (κ2) is 6.77. The van der Waals surface area contributed by atoms with Gasteiger partial charge in [-0.3, -0.25) is 0 Å². The highest BCUT2D eigenvalue weighted by atomic mass is 15.2. The van der Waals surface area contributed by atoms with Crippen molar-refractivity contribution in [1.29, 1.82) is 0 Å². The Morgan fingerprint density at radius 3 is 2.61 bits per heavy atom.